The summed E-state index contributed by atoms with van der Waals surface area (Å²) in [7, 11) is 10.0. The first-order valence-electron chi connectivity index (χ1n) is 33.3. The van der Waals surface area contributed by atoms with E-state index in [1.165, 1.54) is 99.5 Å². The van der Waals surface area contributed by atoms with E-state index in [-0.39, 0.29) is 43.4 Å². The number of ether oxygens (including phenoxy) is 1. The van der Waals surface area contributed by atoms with Crippen molar-refractivity contribution in [3.8, 4) is 0 Å². The molecule has 0 spiro atoms. The van der Waals surface area contributed by atoms with Crippen LogP contribution in [0.1, 0.15) is 163 Å². The maximum atomic E-state index is 15.3. The lowest BCUT2D eigenvalue weighted by Gasteiger charge is -2.41. The average molecular weight is 1290 g/mol. The first-order chi connectivity index (χ1) is 42.2. The monoisotopic (exact) mass is 1290 g/mol. The molecule has 0 aromatic carbocycles. The molecule has 2 saturated heterocycles. The summed E-state index contributed by atoms with van der Waals surface area (Å²) < 4.78 is 5.60. The van der Waals surface area contributed by atoms with Crippen LogP contribution in [0.5, 0.6) is 0 Å². The number of nitrogens with one attached hydrogen (secondary N) is 4. The molecule has 0 saturated carbocycles. The zero-order chi connectivity index (χ0) is 70.0. The largest absolute Gasteiger partial charge is 0.390 e. The van der Waals surface area contributed by atoms with Gasteiger partial charge in [-0.1, -0.05) is 110 Å². The summed E-state index contributed by atoms with van der Waals surface area (Å²) in [6, 6.07) is -13.7. The maximum Gasteiger partial charge on any atom is 0.246 e. The van der Waals surface area contributed by atoms with Crippen molar-refractivity contribution in [3.63, 3.8) is 0 Å². The number of unbranched alkanes of at least 4 members (excludes halogenated alkanes) is 1. The van der Waals surface area contributed by atoms with E-state index < -0.39 is 161 Å². The molecule has 2 fully saturated rings. The zero-order valence-electron chi connectivity index (χ0n) is 59.9. The van der Waals surface area contributed by atoms with Crippen LogP contribution >= 0.6 is 0 Å². The molecular formula is C66H120N12O13. The first-order valence-corrected chi connectivity index (χ1v) is 33.3. The number of hydrogen-bond donors (Lipinski definition) is 5. The maximum absolute atomic E-state index is 15.3. The van der Waals surface area contributed by atoms with Gasteiger partial charge in [0, 0.05) is 69.0 Å². The highest BCUT2D eigenvalue weighted by atomic mass is 16.5. The molecule has 2 heterocycles. The molecule has 11 amide bonds. The third kappa shape index (κ3) is 22.1. The van der Waals surface area contributed by atoms with Crippen molar-refractivity contribution in [1.82, 2.24) is 60.5 Å². The van der Waals surface area contributed by atoms with E-state index in [0.717, 1.165) is 11.3 Å². The quantitative estimate of drug-likeness (QED) is 0.140. The molecule has 0 aromatic heterocycles. The number of likely N-dealkylation sites (N-methyl/N-ethyl adjacent to an activating group) is 7. The van der Waals surface area contributed by atoms with Gasteiger partial charge < -0.3 is 65.4 Å². The predicted molar refractivity (Wildman–Crippen MR) is 350 cm³/mol. The van der Waals surface area contributed by atoms with Crippen LogP contribution in [0.25, 0.3) is 0 Å². The summed E-state index contributed by atoms with van der Waals surface area (Å²) in [5.41, 5.74) is 0. The molecule has 2 aliphatic heterocycles. The Morgan fingerprint density at radius 3 is 1.40 bits per heavy atom. The third-order valence-electron chi connectivity index (χ3n) is 18.2. The van der Waals surface area contributed by atoms with Gasteiger partial charge in [0.05, 0.1) is 19.3 Å². The van der Waals surface area contributed by atoms with Crippen molar-refractivity contribution in [2.24, 2.45) is 41.4 Å². The van der Waals surface area contributed by atoms with Crippen LogP contribution in [0.4, 0.5) is 0 Å². The van der Waals surface area contributed by atoms with Crippen molar-refractivity contribution >= 4 is 65.0 Å². The lowest BCUT2D eigenvalue weighted by atomic mass is 9.90. The molecule has 0 unspecified atom stereocenters. The summed E-state index contributed by atoms with van der Waals surface area (Å²) in [5, 5.41) is 23.4. The third-order valence-corrected chi connectivity index (χ3v) is 18.2. The number of nitrogens with zero attached hydrogens (tertiary/aromatic N) is 8. The summed E-state index contributed by atoms with van der Waals surface area (Å²) >= 11 is 0. The van der Waals surface area contributed by atoms with Gasteiger partial charge in [-0.2, -0.15) is 0 Å². The van der Waals surface area contributed by atoms with Crippen LogP contribution in [0.15, 0.2) is 0 Å². The minimum Gasteiger partial charge on any atom is -0.390 e. The smallest absolute Gasteiger partial charge is 0.246 e. The number of carbonyl (C=O) groups is 11. The molecule has 25 nitrogen and oxygen atoms in total. The summed E-state index contributed by atoms with van der Waals surface area (Å²) in [4.78, 5) is 174. The van der Waals surface area contributed by atoms with Crippen molar-refractivity contribution < 1.29 is 62.6 Å². The number of hydrogen-bond acceptors (Lipinski definition) is 14. The second kappa shape index (κ2) is 37.1. The fraction of sp³-hybridized carbons (Fsp3) is 0.833. The number of rotatable bonds is 17. The Balaban J connectivity index is 3.04. The lowest BCUT2D eigenvalue weighted by Crippen LogP contribution is -2.64. The fourth-order valence-corrected chi connectivity index (χ4v) is 12.3. The van der Waals surface area contributed by atoms with Crippen LogP contribution in [-0.4, -0.2) is 264 Å². The summed E-state index contributed by atoms with van der Waals surface area (Å²) in [5.74, 6) is -10.1. The van der Waals surface area contributed by atoms with Gasteiger partial charge in [-0.25, -0.2) is 0 Å². The molecule has 0 aromatic rings. The molecule has 0 bridgehead atoms. The minimum atomic E-state index is -1.60. The van der Waals surface area contributed by atoms with Crippen LogP contribution in [0.2, 0.25) is 0 Å². The number of aliphatic hydroxyl groups excluding tert-OH is 1. The van der Waals surface area contributed by atoms with Crippen LogP contribution in [0.3, 0.4) is 0 Å². The molecule has 14 atom stereocenters. The molecule has 91 heavy (non-hydrogen) atoms. The second-order valence-corrected chi connectivity index (χ2v) is 28.0. The van der Waals surface area contributed by atoms with Crippen molar-refractivity contribution in [2.45, 2.75) is 235 Å². The van der Waals surface area contributed by atoms with E-state index in [4.69, 9.17) is 4.74 Å². The average Bonchev–Trinajstić information content (AvgIpc) is 2.18. The highest BCUT2D eigenvalue weighted by molar-refractivity contribution is 6.00. The summed E-state index contributed by atoms with van der Waals surface area (Å²) in [6.45, 7) is 32.2. The molecule has 5 N–H and O–H groups in total. The normalized spacial score (nSPS) is 28.2. The number of morpholine rings is 1. The molecule has 2 aliphatic rings. The van der Waals surface area contributed by atoms with Gasteiger partial charge >= 0.3 is 0 Å². The Morgan fingerprint density at radius 2 is 0.912 bits per heavy atom. The van der Waals surface area contributed by atoms with Crippen molar-refractivity contribution in [1.29, 1.82) is 0 Å². The van der Waals surface area contributed by atoms with Gasteiger partial charge in [-0.05, 0) is 94.3 Å². The Labute approximate surface area is 544 Å². The Bertz CT molecular complexity index is 2460. The highest BCUT2D eigenvalue weighted by Gasteiger charge is 2.46. The number of amides is 11. The van der Waals surface area contributed by atoms with Gasteiger partial charge in [-0.15, -0.1) is 0 Å². The van der Waals surface area contributed by atoms with Gasteiger partial charge in [0.25, 0.3) is 0 Å². The lowest BCUT2D eigenvalue weighted by molar-refractivity contribution is -0.157. The second-order valence-electron chi connectivity index (χ2n) is 28.0. The molecule has 0 aliphatic carbocycles. The van der Waals surface area contributed by atoms with Crippen LogP contribution in [0, 0.1) is 41.4 Å². The number of carbonyl (C=O) groups excluding carboxylic acids is 11. The van der Waals surface area contributed by atoms with Gasteiger partial charge in [0.15, 0.2) is 0 Å². The van der Waals surface area contributed by atoms with E-state index >= 15 is 24.0 Å². The number of aliphatic hydroxyl groups is 1. The fourth-order valence-electron chi connectivity index (χ4n) is 12.3. The van der Waals surface area contributed by atoms with E-state index in [9.17, 15) is 33.9 Å². The van der Waals surface area contributed by atoms with Gasteiger partial charge in [-0.3, -0.25) is 57.6 Å². The molecule has 2 rings (SSSR count). The van der Waals surface area contributed by atoms with Gasteiger partial charge in [0.2, 0.25) is 65.0 Å². The Kier molecular flexibility index (Phi) is 33.1. The predicted octanol–water partition coefficient (Wildman–Crippen LogP) is 2.80. The SMILES string of the molecule is CCCC[C@@H](C)[C@@H](O)[C@H]1C(=O)N[C@@H](CC)C(=O)N(C)[C@H](C)C(=O)N(C)[C@@H]([C@@H](C)CN2CCOCC2)C(=O)N[C@@H](C(C)C)C(=O)N(C)[C@@H](CC(C)C)C(=O)N[C@@H](C)C(=O)N[C@H](C)C(=O)N(C)[C@@H](CC(C)C)C(=O)N(C)[C@@H](CC(C)C)C(=O)N(C)[C@@H](C(C)C)C(=O)N1C. The molecule has 522 valence electrons. The van der Waals surface area contributed by atoms with E-state index in [2.05, 4.69) is 26.2 Å². The Morgan fingerprint density at radius 1 is 0.462 bits per heavy atom. The molecular weight excluding hydrogens is 1170 g/mol. The van der Waals surface area contributed by atoms with Crippen molar-refractivity contribution in [3.05, 3.63) is 0 Å². The van der Waals surface area contributed by atoms with Gasteiger partial charge in [0.1, 0.15) is 66.5 Å². The van der Waals surface area contributed by atoms with Crippen LogP contribution < -0.4 is 21.3 Å². The zero-order valence-corrected chi connectivity index (χ0v) is 59.9. The Hall–Kier alpha value is -5.95. The standard InChI is InChI=1S/C66H120N12O13/c1-25-27-28-42(13)55(79)54-59(83)69-47(26-2)62(86)71(18)46(17)61(85)76(23)53(43(14)36-78-29-31-91-32-30-78)58(82)70-51(40(9)10)65(89)72(19)48(33-37(3)4)57(81)67-44(15)56(80)68-45(16)60(84)73(20)49(34-38(5)6)63(87)74(21)50(35-39(7)8)64(88)75(22)52(41(11)12)66(90)77(54)24/h37-55,79H,25-36H2,1-24H3,(H,67,81)(H,68,80)(H,69,83)(H,70,82)/t42-,43+,44+,45-,46-,47+,48+,49+,50+,51+,52+,53+,54+,55-/m1/s1. The van der Waals surface area contributed by atoms with E-state index in [0.29, 0.717) is 45.7 Å². The summed E-state index contributed by atoms with van der Waals surface area (Å²) in [6.07, 6.45) is 0.956. The van der Waals surface area contributed by atoms with Crippen LogP contribution in [-0.2, 0) is 57.5 Å². The minimum absolute atomic E-state index is 0.0161. The molecule has 25 heteroatoms. The molecule has 0 radical (unpaired) electrons. The highest BCUT2D eigenvalue weighted by Crippen LogP contribution is 2.27. The van der Waals surface area contributed by atoms with Crippen molar-refractivity contribution in [2.75, 3.05) is 82.2 Å². The van der Waals surface area contributed by atoms with E-state index in [1.54, 1.807) is 41.5 Å². The first kappa shape index (κ1) is 81.1. The van der Waals surface area contributed by atoms with E-state index in [1.807, 2.05) is 55.4 Å². The topological polar surface area (TPSA) is 291 Å².